The topological polar surface area (TPSA) is 85.0 Å². The van der Waals surface area contributed by atoms with Crippen LogP contribution in [-0.4, -0.2) is 66.1 Å². The fraction of sp³-hybridized carbons (Fsp3) is 0.318. The molecule has 1 fully saturated rings. The molecule has 1 saturated heterocycles. The van der Waals surface area contributed by atoms with Gasteiger partial charge in [-0.3, -0.25) is 9.36 Å². The largest absolute Gasteiger partial charge is 0.353 e. The highest BCUT2D eigenvalue weighted by molar-refractivity contribution is 5.80. The highest BCUT2D eigenvalue weighted by atomic mass is 16.2. The Kier molecular flexibility index (Phi) is 4.85. The molecule has 0 N–H and O–H groups in total. The van der Waals surface area contributed by atoms with Crippen LogP contribution >= 0.6 is 0 Å². The van der Waals surface area contributed by atoms with E-state index in [0.29, 0.717) is 19.6 Å². The number of benzene rings is 1. The first-order chi connectivity index (χ1) is 15.1. The monoisotopic (exact) mass is 416 g/mol. The molecule has 0 atom stereocenters. The quantitative estimate of drug-likeness (QED) is 0.506. The molecule has 3 aromatic heterocycles. The van der Waals surface area contributed by atoms with E-state index < -0.39 is 0 Å². The van der Waals surface area contributed by atoms with Crippen LogP contribution < -0.4 is 4.90 Å². The summed E-state index contributed by atoms with van der Waals surface area (Å²) in [5, 5.41) is 0. The fourth-order valence-electron chi connectivity index (χ4n) is 3.94. The number of nitrogens with zero attached hydrogens (tertiary/aromatic N) is 8. The maximum absolute atomic E-state index is 12.9. The number of fused-ring (bicyclic) bond motifs is 1. The number of carbonyl (C=O) groups is 1. The normalized spacial score (nSPS) is 14.4. The zero-order valence-electron chi connectivity index (χ0n) is 17.6. The molecule has 31 heavy (non-hydrogen) atoms. The highest BCUT2D eigenvalue weighted by Crippen LogP contribution is 2.19. The summed E-state index contributed by atoms with van der Waals surface area (Å²) >= 11 is 0. The summed E-state index contributed by atoms with van der Waals surface area (Å²) in [7, 11) is 0. The van der Waals surface area contributed by atoms with Gasteiger partial charge in [0.15, 0.2) is 0 Å². The van der Waals surface area contributed by atoms with Gasteiger partial charge >= 0.3 is 0 Å². The summed E-state index contributed by atoms with van der Waals surface area (Å²) in [6.07, 6.45) is 5.11. The van der Waals surface area contributed by atoms with Gasteiger partial charge in [0.2, 0.25) is 5.91 Å². The average molecular weight is 416 g/mol. The number of amides is 1. The lowest BCUT2D eigenvalue weighted by molar-refractivity contribution is -0.132. The number of rotatable bonds is 4. The molecule has 1 aromatic carbocycles. The molecule has 1 aliphatic heterocycles. The molecule has 9 nitrogen and oxygen atoms in total. The van der Waals surface area contributed by atoms with Crippen LogP contribution in [0, 0.1) is 13.8 Å². The molecular formula is C22H24N8O. The van der Waals surface area contributed by atoms with Crippen molar-refractivity contribution >= 4 is 22.8 Å². The molecule has 1 aliphatic rings. The van der Waals surface area contributed by atoms with E-state index in [1.54, 1.807) is 19.0 Å². The molecule has 4 heterocycles. The van der Waals surface area contributed by atoms with Crippen LogP contribution in [0.3, 0.4) is 0 Å². The van der Waals surface area contributed by atoms with Crippen molar-refractivity contribution in [1.29, 1.82) is 0 Å². The van der Waals surface area contributed by atoms with E-state index in [4.69, 9.17) is 0 Å². The lowest BCUT2D eigenvalue weighted by Crippen LogP contribution is -2.49. The first-order valence-corrected chi connectivity index (χ1v) is 10.4. The first-order valence-electron chi connectivity index (χ1n) is 10.4. The molecule has 5 rings (SSSR count). The van der Waals surface area contributed by atoms with Crippen LogP contribution in [0.2, 0.25) is 0 Å². The summed E-state index contributed by atoms with van der Waals surface area (Å²) in [5.74, 6) is 1.77. The smallest absolute Gasteiger partial charge is 0.242 e. The van der Waals surface area contributed by atoms with Crippen LogP contribution in [0.1, 0.15) is 11.4 Å². The number of carbonyl (C=O) groups excluding carboxylic acids is 1. The van der Waals surface area contributed by atoms with E-state index >= 15 is 0 Å². The van der Waals surface area contributed by atoms with Gasteiger partial charge in [-0.2, -0.15) is 0 Å². The van der Waals surface area contributed by atoms with Gasteiger partial charge < -0.3 is 14.4 Å². The van der Waals surface area contributed by atoms with Gasteiger partial charge in [0.1, 0.15) is 30.8 Å². The maximum Gasteiger partial charge on any atom is 0.242 e. The summed E-state index contributed by atoms with van der Waals surface area (Å²) in [6, 6.07) is 9.84. The highest BCUT2D eigenvalue weighted by Gasteiger charge is 2.23. The Balaban J connectivity index is 1.25. The van der Waals surface area contributed by atoms with E-state index in [9.17, 15) is 4.79 Å². The van der Waals surface area contributed by atoms with Crippen molar-refractivity contribution in [2.45, 2.75) is 20.4 Å². The van der Waals surface area contributed by atoms with Gasteiger partial charge in [0.05, 0.1) is 23.1 Å². The molecule has 0 spiro atoms. The van der Waals surface area contributed by atoms with Gasteiger partial charge in [-0.25, -0.2) is 19.9 Å². The first kappa shape index (κ1) is 19.2. The van der Waals surface area contributed by atoms with E-state index in [-0.39, 0.29) is 5.91 Å². The molecule has 0 saturated carbocycles. The minimum absolute atomic E-state index is 0.107. The molecular weight excluding hydrogens is 392 g/mol. The molecule has 4 aromatic rings. The number of para-hydroxylation sites is 2. The predicted molar refractivity (Wildman–Crippen MR) is 117 cm³/mol. The van der Waals surface area contributed by atoms with Gasteiger partial charge in [0.25, 0.3) is 0 Å². The van der Waals surface area contributed by atoms with Crippen molar-refractivity contribution in [2.75, 3.05) is 31.1 Å². The Morgan fingerprint density at radius 1 is 0.935 bits per heavy atom. The number of hydrogen-bond donors (Lipinski definition) is 0. The Hall–Kier alpha value is -3.75. The molecule has 0 unspecified atom stereocenters. The van der Waals surface area contributed by atoms with Crippen LogP contribution in [0.5, 0.6) is 0 Å². The Morgan fingerprint density at radius 3 is 2.48 bits per heavy atom. The second kappa shape index (κ2) is 7.82. The summed E-state index contributed by atoms with van der Waals surface area (Å²) in [4.78, 5) is 34.5. The number of aryl methyl sites for hydroxylation is 1. The third-order valence-electron chi connectivity index (χ3n) is 5.93. The van der Waals surface area contributed by atoms with Crippen molar-refractivity contribution in [3.05, 3.63) is 60.7 Å². The van der Waals surface area contributed by atoms with E-state index in [0.717, 1.165) is 47.1 Å². The Bertz CT molecular complexity index is 1240. The van der Waals surface area contributed by atoms with Crippen molar-refractivity contribution in [2.24, 2.45) is 0 Å². The second-order valence-corrected chi connectivity index (χ2v) is 7.75. The van der Waals surface area contributed by atoms with Crippen LogP contribution in [0.15, 0.2) is 49.3 Å². The summed E-state index contributed by atoms with van der Waals surface area (Å²) in [6.45, 7) is 7.10. The number of piperazine rings is 1. The fourth-order valence-corrected chi connectivity index (χ4v) is 3.94. The lowest BCUT2D eigenvalue weighted by Gasteiger charge is -2.35. The Labute approximate surface area is 180 Å². The zero-order valence-corrected chi connectivity index (χ0v) is 17.6. The number of anilines is 1. The third-order valence-corrected chi connectivity index (χ3v) is 5.93. The maximum atomic E-state index is 12.9. The van der Waals surface area contributed by atoms with Gasteiger partial charge in [-0.15, -0.1) is 0 Å². The summed E-state index contributed by atoms with van der Waals surface area (Å²) in [5.41, 5.74) is 3.93. The minimum atomic E-state index is 0.107. The molecule has 9 heteroatoms. The molecule has 0 aliphatic carbocycles. The Morgan fingerprint density at radius 2 is 1.71 bits per heavy atom. The van der Waals surface area contributed by atoms with Crippen LogP contribution in [0.4, 0.5) is 5.82 Å². The second-order valence-electron chi connectivity index (χ2n) is 7.75. The van der Waals surface area contributed by atoms with Crippen molar-refractivity contribution < 1.29 is 4.79 Å². The molecule has 0 radical (unpaired) electrons. The van der Waals surface area contributed by atoms with Gasteiger partial charge in [0, 0.05) is 37.9 Å². The molecule has 158 valence electrons. The van der Waals surface area contributed by atoms with Crippen molar-refractivity contribution in [3.8, 4) is 5.82 Å². The van der Waals surface area contributed by atoms with Crippen LogP contribution in [0.25, 0.3) is 16.9 Å². The van der Waals surface area contributed by atoms with E-state index in [2.05, 4.69) is 24.8 Å². The van der Waals surface area contributed by atoms with Gasteiger partial charge in [-0.1, -0.05) is 12.1 Å². The number of aromatic nitrogens is 6. The van der Waals surface area contributed by atoms with Crippen LogP contribution in [-0.2, 0) is 11.3 Å². The predicted octanol–water partition coefficient (Wildman–Crippen LogP) is 1.98. The van der Waals surface area contributed by atoms with E-state index in [1.165, 1.54) is 0 Å². The molecule has 1 amide bonds. The molecule has 0 bridgehead atoms. The zero-order chi connectivity index (χ0) is 21.4. The average Bonchev–Trinajstić information content (AvgIpc) is 3.37. The minimum Gasteiger partial charge on any atom is -0.353 e. The van der Waals surface area contributed by atoms with E-state index in [1.807, 2.05) is 58.2 Å². The number of hydrogen-bond acceptors (Lipinski definition) is 6. The lowest BCUT2D eigenvalue weighted by atomic mass is 10.3. The summed E-state index contributed by atoms with van der Waals surface area (Å²) < 4.78 is 3.88. The number of imidazole rings is 2. The van der Waals surface area contributed by atoms with Crippen molar-refractivity contribution in [1.82, 2.24) is 34.0 Å². The van der Waals surface area contributed by atoms with Gasteiger partial charge in [-0.05, 0) is 26.0 Å². The standard InChI is InChI=1S/C22H24N8O/c1-16-17(2)30(15-25-16)21-11-20(23-13-24-21)27-7-9-28(10-8-27)22(31)12-29-14-26-18-5-3-4-6-19(18)29/h3-6,11,13-15H,7-10,12H2,1-2H3. The van der Waals surface area contributed by atoms with Crippen molar-refractivity contribution in [3.63, 3.8) is 0 Å². The SMILES string of the molecule is Cc1ncn(-c2cc(N3CCN(C(=O)Cn4cnc5ccccc54)CC3)ncn2)c1C. The third kappa shape index (κ3) is 3.63.